The lowest BCUT2D eigenvalue weighted by molar-refractivity contribution is -0.143. The maximum Gasteiger partial charge on any atom is 0.326 e. The molecule has 1 saturated carbocycles. The molecule has 0 aromatic carbocycles. The molecule has 2 atom stereocenters. The molecule has 73 heavy (non-hydrogen) atoms. The van der Waals surface area contributed by atoms with Gasteiger partial charge in [-0.05, 0) is 38.2 Å². The number of carbonyl (C=O) groups excluding carboxylic acids is 7. The summed E-state index contributed by atoms with van der Waals surface area (Å²) in [6.45, 7) is 0.419. The van der Waals surface area contributed by atoms with E-state index in [1.807, 2.05) is 0 Å². The topological polar surface area (TPSA) is 306 Å². The standard InChI is InChI=1S/C48H85N7O15S3/c1-71-34-43(59)49-20-24-55(25-21-50-44(60)35-72-2)47(64)38(17-19-46(62)63)53-41(57)32-69-30-28-67-26-22-51-40(56)18-16-39(48(65)66)54-42(58)33-70-31-29-68-27-23-52-45(61)36-73-37-14-12-10-8-6-4-3-5-7-9-11-13-15-37/h37-39H,3-36H2,1-2H3,(H,49,59)(H,50,60)(H,51,56)(H,52,61)(H,53,57)(H,54,58)(H,62,63)(H,65,66)/t38-,39?/m1/s1. The Balaban J connectivity index is 2.29. The molecule has 420 valence electrons. The number of hydrogen-bond donors (Lipinski definition) is 8. The highest BCUT2D eigenvalue weighted by Gasteiger charge is 2.27. The molecule has 1 aliphatic carbocycles. The zero-order valence-corrected chi connectivity index (χ0v) is 45.6. The Labute approximate surface area is 444 Å². The van der Waals surface area contributed by atoms with Crippen LogP contribution in [0.25, 0.3) is 0 Å². The second-order valence-corrected chi connectivity index (χ2v) is 20.4. The van der Waals surface area contributed by atoms with Crippen molar-refractivity contribution in [2.45, 2.75) is 126 Å². The van der Waals surface area contributed by atoms with Crippen LogP contribution in [0.15, 0.2) is 0 Å². The third kappa shape index (κ3) is 39.2. The summed E-state index contributed by atoms with van der Waals surface area (Å²) < 4.78 is 21.6. The van der Waals surface area contributed by atoms with Crippen molar-refractivity contribution < 1.29 is 72.3 Å². The van der Waals surface area contributed by atoms with Crippen molar-refractivity contribution in [3.8, 4) is 0 Å². The second kappa shape index (κ2) is 45.5. The third-order valence-electron chi connectivity index (χ3n) is 11.2. The first-order valence-corrected chi connectivity index (χ1v) is 29.4. The lowest BCUT2D eigenvalue weighted by Gasteiger charge is -2.28. The van der Waals surface area contributed by atoms with Gasteiger partial charge in [-0.2, -0.15) is 23.5 Å². The van der Waals surface area contributed by atoms with Gasteiger partial charge in [-0.3, -0.25) is 38.4 Å². The van der Waals surface area contributed by atoms with Crippen LogP contribution in [-0.4, -0.2) is 208 Å². The summed E-state index contributed by atoms with van der Waals surface area (Å²) in [5.41, 5.74) is 0. The molecule has 1 fully saturated rings. The molecule has 1 rings (SSSR count). The average molecular weight is 1100 g/mol. The number of nitrogens with one attached hydrogen (secondary N) is 6. The Morgan fingerprint density at radius 2 is 0.904 bits per heavy atom. The molecule has 0 bridgehead atoms. The van der Waals surface area contributed by atoms with E-state index in [1.165, 1.54) is 99.1 Å². The average Bonchev–Trinajstić information content (AvgIpc) is 3.35. The molecule has 1 aliphatic rings. The molecule has 0 saturated heterocycles. The van der Waals surface area contributed by atoms with Gasteiger partial charge < -0.3 is 66.0 Å². The van der Waals surface area contributed by atoms with Crippen LogP contribution in [0.2, 0.25) is 0 Å². The van der Waals surface area contributed by atoms with Crippen LogP contribution < -0.4 is 31.9 Å². The molecule has 8 N–H and O–H groups in total. The fourth-order valence-corrected chi connectivity index (χ4v) is 9.27. The van der Waals surface area contributed by atoms with Crippen LogP contribution in [0, 0.1) is 0 Å². The number of thioether (sulfide) groups is 3. The van der Waals surface area contributed by atoms with E-state index in [-0.39, 0.29) is 121 Å². The minimum Gasteiger partial charge on any atom is -0.481 e. The maximum absolute atomic E-state index is 13.6. The van der Waals surface area contributed by atoms with Crippen molar-refractivity contribution >= 4 is 88.6 Å². The van der Waals surface area contributed by atoms with Crippen molar-refractivity contribution in [2.75, 3.05) is 122 Å². The summed E-state index contributed by atoms with van der Waals surface area (Å²) in [5.74, 6) is -4.52. The maximum atomic E-state index is 13.6. The van der Waals surface area contributed by atoms with E-state index >= 15 is 0 Å². The van der Waals surface area contributed by atoms with E-state index in [2.05, 4.69) is 31.9 Å². The summed E-state index contributed by atoms with van der Waals surface area (Å²) in [4.78, 5) is 112. The zero-order chi connectivity index (χ0) is 53.7. The number of carboxylic acid groups (broad SMARTS) is 2. The van der Waals surface area contributed by atoms with Crippen molar-refractivity contribution in [3.63, 3.8) is 0 Å². The monoisotopic (exact) mass is 1100 g/mol. The lowest BCUT2D eigenvalue weighted by atomic mass is 10.0. The van der Waals surface area contributed by atoms with Gasteiger partial charge in [0.25, 0.3) is 0 Å². The normalized spacial score (nSPS) is 14.6. The Morgan fingerprint density at radius 3 is 1.37 bits per heavy atom. The summed E-state index contributed by atoms with van der Waals surface area (Å²) in [6.07, 6.45) is 19.2. The van der Waals surface area contributed by atoms with Gasteiger partial charge in [0.1, 0.15) is 25.3 Å². The van der Waals surface area contributed by atoms with Crippen LogP contribution in [0.1, 0.15) is 109 Å². The summed E-state index contributed by atoms with van der Waals surface area (Å²) in [5, 5.41) is 35.1. The predicted molar refractivity (Wildman–Crippen MR) is 283 cm³/mol. The first-order valence-electron chi connectivity index (χ1n) is 25.5. The van der Waals surface area contributed by atoms with Crippen molar-refractivity contribution in [2.24, 2.45) is 0 Å². The minimum absolute atomic E-state index is 0.0156. The SMILES string of the molecule is CSCC(=O)NCCN(CCNC(=O)CSC)C(=O)[C@@H](CCC(=O)O)NC(=O)COCCOCCNC(=O)CCC(NC(=O)COCCOCCNC(=O)CSC1CCCCCCCCCCCCC1)C(=O)O. The van der Waals surface area contributed by atoms with Crippen LogP contribution >= 0.6 is 35.3 Å². The van der Waals surface area contributed by atoms with Crippen LogP contribution in [0.3, 0.4) is 0 Å². The number of ether oxygens (including phenoxy) is 4. The van der Waals surface area contributed by atoms with E-state index in [4.69, 9.17) is 18.9 Å². The fraction of sp³-hybridized carbons (Fsp3) is 0.812. The van der Waals surface area contributed by atoms with E-state index in [0.29, 0.717) is 17.5 Å². The van der Waals surface area contributed by atoms with Gasteiger partial charge in [0, 0.05) is 57.4 Å². The van der Waals surface area contributed by atoms with E-state index < -0.39 is 67.3 Å². The lowest BCUT2D eigenvalue weighted by Crippen LogP contribution is -2.52. The van der Waals surface area contributed by atoms with Crippen LogP contribution in [0.4, 0.5) is 0 Å². The number of aliphatic carboxylic acids is 2. The van der Waals surface area contributed by atoms with E-state index in [1.54, 1.807) is 24.3 Å². The smallest absolute Gasteiger partial charge is 0.326 e. The quantitative estimate of drug-likeness (QED) is 0.0408. The number of carbonyl (C=O) groups is 9. The van der Waals surface area contributed by atoms with Gasteiger partial charge >= 0.3 is 11.9 Å². The molecule has 0 aromatic heterocycles. The number of nitrogens with zero attached hydrogens (tertiary/aromatic N) is 1. The van der Waals surface area contributed by atoms with Crippen LogP contribution in [0.5, 0.6) is 0 Å². The molecule has 1 unspecified atom stereocenters. The van der Waals surface area contributed by atoms with Gasteiger partial charge in [-0.25, -0.2) is 4.79 Å². The predicted octanol–water partition coefficient (Wildman–Crippen LogP) is 1.96. The zero-order valence-electron chi connectivity index (χ0n) is 43.1. The molecule has 0 aliphatic heterocycles. The molecule has 0 radical (unpaired) electrons. The molecule has 25 heteroatoms. The van der Waals surface area contributed by atoms with E-state index in [9.17, 15) is 53.4 Å². The molecule has 22 nitrogen and oxygen atoms in total. The molecule has 7 amide bonds. The molecule has 0 heterocycles. The second-order valence-electron chi connectivity index (χ2n) is 17.4. The van der Waals surface area contributed by atoms with Gasteiger partial charge in [-0.15, -0.1) is 11.8 Å². The number of amides is 7. The van der Waals surface area contributed by atoms with Crippen molar-refractivity contribution in [3.05, 3.63) is 0 Å². The highest BCUT2D eigenvalue weighted by Crippen LogP contribution is 2.25. The summed E-state index contributed by atoms with van der Waals surface area (Å²) >= 11 is 4.41. The Morgan fingerprint density at radius 1 is 0.493 bits per heavy atom. The highest BCUT2D eigenvalue weighted by atomic mass is 32.2. The van der Waals surface area contributed by atoms with Gasteiger partial charge in [-0.1, -0.05) is 70.6 Å². The number of hydrogen-bond acceptors (Lipinski definition) is 16. The number of rotatable bonds is 39. The van der Waals surface area contributed by atoms with E-state index in [0.717, 1.165) is 12.8 Å². The van der Waals surface area contributed by atoms with Crippen molar-refractivity contribution in [1.82, 2.24) is 36.8 Å². The molecule has 0 spiro atoms. The van der Waals surface area contributed by atoms with Gasteiger partial charge in [0.2, 0.25) is 41.4 Å². The fourth-order valence-electron chi connectivity index (χ4n) is 7.38. The molecular weight excluding hydrogens is 1010 g/mol. The largest absolute Gasteiger partial charge is 0.481 e. The van der Waals surface area contributed by atoms with Crippen LogP contribution in [-0.2, 0) is 62.1 Å². The summed E-state index contributed by atoms with van der Waals surface area (Å²) in [7, 11) is 0. The number of carboxylic acids is 2. The minimum atomic E-state index is -1.33. The van der Waals surface area contributed by atoms with Gasteiger partial charge in [0.05, 0.1) is 56.9 Å². The third-order valence-corrected chi connectivity index (χ3v) is 13.7. The van der Waals surface area contributed by atoms with Gasteiger partial charge in [0.15, 0.2) is 0 Å². The first-order chi connectivity index (χ1) is 35.2. The first kappa shape index (κ1) is 67.1. The van der Waals surface area contributed by atoms with Crippen molar-refractivity contribution in [1.29, 1.82) is 0 Å². The Hall–Kier alpha value is -3.88. The Bertz CT molecular complexity index is 1570. The molecular formula is C48H85N7O15S3. The highest BCUT2D eigenvalue weighted by molar-refractivity contribution is 8.00. The summed E-state index contributed by atoms with van der Waals surface area (Å²) in [6, 6.07) is -2.55. The molecule has 0 aromatic rings. The Kier molecular flexibility index (Phi) is 41.9.